The molecule has 0 unspecified atom stereocenters. The first kappa shape index (κ1) is 34.0. The van der Waals surface area contributed by atoms with E-state index in [0.717, 1.165) is 9.87 Å². The van der Waals surface area contributed by atoms with Crippen molar-refractivity contribution in [3.8, 4) is 11.5 Å². The van der Waals surface area contributed by atoms with Gasteiger partial charge in [-0.05, 0) is 53.9 Å². The van der Waals surface area contributed by atoms with Gasteiger partial charge in [-0.2, -0.15) is 0 Å². The fourth-order valence-electron chi connectivity index (χ4n) is 4.93. The molecular formula is C35H38FN3O6S. The third kappa shape index (κ3) is 8.42. The molecule has 4 aromatic rings. The lowest BCUT2D eigenvalue weighted by molar-refractivity contribution is -0.140. The second-order valence-corrected chi connectivity index (χ2v) is 12.4. The van der Waals surface area contributed by atoms with Gasteiger partial charge in [-0.25, -0.2) is 12.8 Å². The molecule has 0 aliphatic carbocycles. The molecule has 0 heterocycles. The van der Waals surface area contributed by atoms with E-state index in [1.54, 1.807) is 30.3 Å². The van der Waals surface area contributed by atoms with Crippen LogP contribution in [0.15, 0.2) is 108 Å². The third-order valence-electron chi connectivity index (χ3n) is 7.35. The van der Waals surface area contributed by atoms with Crippen LogP contribution in [0.5, 0.6) is 11.5 Å². The molecule has 1 N–H and O–H groups in total. The fraction of sp³-hybridized carbons (Fsp3) is 0.257. The van der Waals surface area contributed by atoms with E-state index < -0.39 is 40.2 Å². The van der Waals surface area contributed by atoms with E-state index in [0.29, 0.717) is 24.3 Å². The zero-order valence-corrected chi connectivity index (χ0v) is 26.9. The van der Waals surface area contributed by atoms with Crippen LogP contribution in [0, 0.1) is 5.82 Å². The van der Waals surface area contributed by atoms with Gasteiger partial charge in [-0.1, -0.05) is 67.6 Å². The highest BCUT2D eigenvalue weighted by Crippen LogP contribution is 2.36. The van der Waals surface area contributed by atoms with Gasteiger partial charge in [0.25, 0.3) is 10.0 Å². The Hall–Kier alpha value is -4.90. The SMILES string of the molecule is CCCNC(=O)[C@@H](Cc1ccccc1)N(Cc1ccc(F)cc1)C(=O)CN(c1cc(OC)ccc1OC)S(=O)(=O)c1ccccc1. The van der Waals surface area contributed by atoms with E-state index in [2.05, 4.69) is 5.32 Å². The first-order chi connectivity index (χ1) is 22.2. The maximum Gasteiger partial charge on any atom is 0.264 e. The van der Waals surface area contributed by atoms with E-state index in [9.17, 15) is 22.4 Å². The Morgan fingerprint density at radius 3 is 2.11 bits per heavy atom. The lowest BCUT2D eigenvalue weighted by Crippen LogP contribution is -2.53. The average molecular weight is 648 g/mol. The predicted molar refractivity (Wildman–Crippen MR) is 175 cm³/mol. The van der Waals surface area contributed by atoms with Crippen molar-refractivity contribution >= 4 is 27.5 Å². The molecule has 11 heteroatoms. The van der Waals surface area contributed by atoms with Crippen LogP contribution in [-0.2, 0) is 32.6 Å². The highest BCUT2D eigenvalue weighted by Gasteiger charge is 2.35. The number of carbonyl (C=O) groups excluding carboxylic acids is 2. The minimum Gasteiger partial charge on any atom is -0.497 e. The lowest BCUT2D eigenvalue weighted by atomic mass is 10.0. The van der Waals surface area contributed by atoms with Crippen LogP contribution in [-0.4, -0.2) is 58.5 Å². The largest absolute Gasteiger partial charge is 0.497 e. The minimum atomic E-state index is -4.34. The molecule has 2 amide bonds. The van der Waals surface area contributed by atoms with E-state index in [1.807, 2.05) is 37.3 Å². The number of hydrogen-bond donors (Lipinski definition) is 1. The smallest absolute Gasteiger partial charge is 0.264 e. The van der Waals surface area contributed by atoms with Crippen LogP contribution in [0.3, 0.4) is 0 Å². The number of ether oxygens (including phenoxy) is 2. The van der Waals surface area contributed by atoms with Gasteiger partial charge in [0, 0.05) is 25.6 Å². The van der Waals surface area contributed by atoms with E-state index >= 15 is 0 Å². The lowest BCUT2D eigenvalue weighted by Gasteiger charge is -2.34. The van der Waals surface area contributed by atoms with Crippen LogP contribution < -0.4 is 19.1 Å². The van der Waals surface area contributed by atoms with Crippen molar-refractivity contribution in [2.24, 2.45) is 0 Å². The summed E-state index contributed by atoms with van der Waals surface area (Å²) in [6.45, 7) is 1.55. The van der Waals surface area contributed by atoms with Crippen molar-refractivity contribution in [3.63, 3.8) is 0 Å². The summed E-state index contributed by atoms with van der Waals surface area (Å²) < 4.78 is 54.2. The van der Waals surface area contributed by atoms with Crippen molar-refractivity contribution in [1.82, 2.24) is 10.2 Å². The van der Waals surface area contributed by atoms with Gasteiger partial charge in [-0.15, -0.1) is 0 Å². The number of anilines is 1. The molecule has 0 aromatic heterocycles. The third-order valence-corrected chi connectivity index (χ3v) is 9.13. The molecule has 4 aromatic carbocycles. The molecule has 0 aliphatic heterocycles. The number of methoxy groups -OCH3 is 2. The Balaban J connectivity index is 1.84. The molecule has 242 valence electrons. The first-order valence-corrected chi connectivity index (χ1v) is 16.3. The molecule has 0 fully saturated rings. The van der Waals surface area contributed by atoms with Gasteiger partial charge >= 0.3 is 0 Å². The summed E-state index contributed by atoms with van der Waals surface area (Å²) in [6, 6.07) is 26.2. The van der Waals surface area contributed by atoms with Crippen LogP contribution in [0.2, 0.25) is 0 Å². The number of sulfonamides is 1. The molecule has 46 heavy (non-hydrogen) atoms. The molecule has 0 bridgehead atoms. The monoisotopic (exact) mass is 647 g/mol. The van der Waals surface area contributed by atoms with Crippen LogP contribution in [0.25, 0.3) is 0 Å². The van der Waals surface area contributed by atoms with E-state index in [4.69, 9.17) is 9.47 Å². The second-order valence-electron chi connectivity index (χ2n) is 10.5. The molecular weight excluding hydrogens is 609 g/mol. The fourth-order valence-corrected chi connectivity index (χ4v) is 6.37. The number of carbonyl (C=O) groups is 2. The number of hydrogen-bond acceptors (Lipinski definition) is 6. The number of nitrogens with one attached hydrogen (secondary N) is 1. The summed E-state index contributed by atoms with van der Waals surface area (Å²) in [4.78, 5) is 29.6. The number of halogens is 1. The Morgan fingerprint density at radius 1 is 0.848 bits per heavy atom. The average Bonchev–Trinajstić information content (AvgIpc) is 3.08. The van der Waals surface area contributed by atoms with E-state index in [-0.39, 0.29) is 29.3 Å². The maximum absolute atomic E-state index is 14.5. The molecule has 0 aliphatic rings. The van der Waals surface area contributed by atoms with Gasteiger partial charge < -0.3 is 19.7 Å². The Bertz CT molecular complexity index is 1700. The van der Waals surface area contributed by atoms with Crippen LogP contribution in [0.1, 0.15) is 24.5 Å². The van der Waals surface area contributed by atoms with Gasteiger partial charge in [-0.3, -0.25) is 13.9 Å². The Labute approximate surface area is 269 Å². The van der Waals surface area contributed by atoms with Crippen molar-refractivity contribution < 1.29 is 31.9 Å². The summed E-state index contributed by atoms with van der Waals surface area (Å²) >= 11 is 0. The zero-order valence-electron chi connectivity index (χ0n) is 26.1. The van der Waals surface area contributed by atoms with Gasteiger partial charge in [0.2, 0.25) is 11.8 Å². The Kier molecular flexibility index (Phi) is 11.7. The molecule has 0 spiro atoms. The van der Waals surface area contributed by atoms with Crippen LogP contribution >= 0.6 is 0 Å². The van der Waals surface area contributed by atoms with Crippen LogP contribution in [0.4, 0.5) is 10.1 Å². The van der Waals surface area contributed by atoms with Gasteiger partial charge in [0.05, 0.1) is 24.8 Å². The molecule has 0 saturated heterocycles. The highest BCUT2D eigenvalue weighted by atomic mass is 32.2. The first-order valence-electron chi connectivity index (χ1n) is 14.8. The second kappa shape index (κ2) is 15.9. The topological polar surface area (TPSA) is 105 Å². The standard InChI is InChI=1S/C35H38FN3O6S/c1-4-21-37-35(41)32(22-26-11-7-5-8-12-26)38(24-27-15-17-28(36)18-16-27)34(40)25-39(46(42,43)30-13-9-6-10-14-30)31-23-29(44-2)19-20-33(31)45-3/h5-20,23,32H,4,21-22,24-25H2,1-3H3,(H,37,41)/t32-/m1/s1. The van der Waals surface area contributed by atoms with Crippen molar-refractivity contribution in [2.45, 2.75) is 37.2 Å². The van der Waals surface area contributed by atoms with Crippen molar-refractivity contribution in [3.05, 3.63) is 120 Å². The number of benzene rings is 4. The minimum absolute atomic E-state index is 0.0423. The number of nitrogens with zero attached hydrogens (tertiary/aromatic N) is 2. The summed E-state index contributed by atoms with van der Waals surface area (Å²) in [5.74, 6) is -0.951. The van der Waals surface area contributed by atoms with E-state index in [1.165, 1.54) is 61.6 Å². The molecule has 0 saturated carbocycles. The normalized spacial score (nSPS) is 11.7. The maximum atomic E-state index is 14.5. The highest BCUT2D eigenvalue weighted by molar-refractivity contribution is 7.92. The molecule has 4 rings (SSSR count). The van der Waals surface area contributed by atoms with Gasteiger partial charge in [0.1, 0.15) is 29.9 Å². The summed E-state index contributed by atoms with van der Waals surface area (Å²) in [5, 5.41) is 2.90. The van der Waals surface area contributed by atoms with Crippen molar-refractivity contribution in [2.75, 3.05) is 31.6 Å². The summed E-state index contributed by atoms with van der Waals surface area (Å²) in [5.41, 5.74) is 1.45. The quantitative estimate of drug-likeness (QED) is 0.190. The summed E-state index contributed by atoms with van der Waals surface area (Å²) in [7, 11) is -1.49. The molecule has 0 radical (unpaired) electrons. The number of amides is 2. The molecule has 1 atom stereocenters. The zero-order chi connectivity index (χ0) is 33.1. The Morgan fingerprint density at radius 2 is 1.50 bits per heavy atom. The molecule has 9 nitrogen and oxygen atoms in total. The summed E-state index contributed by atoms with van der Waals surface area (Å²) in [6.07, 6.45) is 0.839. The number of rotatable bonds is 15. The van der Waals surface area contributed by atoms with Crippen molar-refractivity contribution in [1.29, 1.82) is 0 Å². The van der Waals surface area contributed by atoms with Gasteiger partial charge in [0.15, 0.2) is 0 Å². The predicted octanol–water partition coefficient (Wildman–Crippen LogP) is 5.20.